The van der Waals surface area contributed by atoms with Crippen molar-refractivity contribution in [3.63, 3.8) is 0 Å². The summed E-state index contributed by atoms with van der Waals surface area (Å²) in [5, 5.41) is 8.98. The summed E-state index contributed by atoms with van der Waals surface area (Å²) in [6.07, 6.45) is 2.45. The predicted octanol–water partition coefficient (Wildman–Crippen LogP) is 2.66. The Morgan fingerprint density at radius 3 is 2.70 bits per heavy atom. The highest BCUT2D eigenvalue weighted by Gasteiger charge is 2.28. The lowest BCUT2D eigenvalue weighted by Gasteiger charge is -2.25. The number of likely N-dealkylation sites (N-methyl/N-ethyl adjacent to an activating group) is 1. The number of hydrogen-bond acceptors (Lipinski definition) is 5. The van der Waals surface area contributed by atoms with Crippen molar-refractivity contribution in [2.24, 2.45) is 0 Å². The molecule has 2 aromatic rings. The maximum absolute atomic E-state index is 13.0. The van der Waals surface area contributed by atoms with Crippen molar-refractivity contribution in [2.75, 3.05) is 26.7 Å². The molecule has 1 aromatic heterocycles. The van der Waals surface area contributed by atoms with Crippen molar-refractivity contribution in [2.45, 2.75) is 32.2 Å². The molecule has 2 heterocycles. The van der Waals surface area contributed by atoms with Gasteiger partial charge in [-0.1, -0.05) is 18.2 Å². The number of carbonyl (C=O) groups excluding carboxylic acids is 1. The third kappa shape index (κ3) is 4.54. The quantitative estimate of drug-likeness (QED) is 0.869. The van der Waals surface area contributed by atoms with Gasteiger partial charge in [0.1, 0.15) is 0 Å². The zero-order valence-corrected chi connectivity index (χ0v) is 15.7. The zero-order chi connectivity index (χ0) is 19.4. The summed E-state index contributed by atoms with van der Waals surface area (Å²) in [5.41, 5.74) is 1.42. The summed E-state index contributed by atoms with van der Waals surface area (Å²) in [5.74, 6) is -0.249. The lowest BCUT2D eigenvalue weighted by atomic mass is 10.1. The molecule has 1 aromatic carbocycles. The number of aryl methyl sites for hydroxylation is 1. The van der Waals surface area contributed by atoms with Gasteiger partial charge in [-0.05, 0) is 45.4 Å². The first-order valence-electron chi connectivity index (χ1n) is 9.20. The van der Waals surface area contributed by atoms with E-state index in [0.717, 1.165) is 24.8 Å². The number of carboxylic acids is 1. The number of amides is 1. The Morgan fingerprint density at radius 2 is 2.00 bits per heavy atom. The second-order valence-corrected chi connectivity index (χ2v) is 6.99. The normalized spacial score (nSPS) is 17.7. The summed E-state index contributed by atoms with van der Waals surface area (Å²) in [4.78, 5) is 31.9. The molecule has 0 radical (unpaired) electrons. The minimum Gasteiger partial charge on any atom is -0.480 e. The van der Waals surface area contributed by atoms with E-state index < -0.39 is 5.97 Å². The molecule has 1 unspecified atom stereocenters. The molecule has 1 aliphatic rings. The van der Waals surface area contributed by atoms with Crippen molar-refractivity contribution in [1.29, 1.82) is 0 Å². The van der Waals surface area contributed by atoms with Crippen LogP contribution in [-0.2, 0) is 4.79 Å². The second kappa shape index (κ2) is 8.35. The fourth-order valence-electron chi connectivity index (χ4n) is 3.51. The topological polar surface area (TPSA) is 86.9 Å². The van der Waals surface area contributed by atoms with Gasteiger partial charge in [0.15, 0.2) is 0 Å². The molecule has 1 aliphatic heterocycles. The van der Waals surface area contributed by atoms with Crippen molar-refractivity contribution in [3.05, 3.63) is 41.8 Å². The number of carboxylic acid groups (broad SMARTS) is 1. The van der Waals surface area contributed by atoms with Crippen LogP contribution in [-0.4, -0.2) is 64.5 Å². The lowest BCUT2D eigenvalue weighted by Crippen LogP contribution is -2.37. The fraction of sp³-hybridized carbons (Fsp3) is 0.450. The third-order valence-corrected chi connectivity index (χ3v) is 5.00. The van der Waals surface area contributed by atoms with Crippen LogP contribution in [0.2, 0.25) is 0 Å². The van der Waals surface area contributed by atoms with Gasteiger partial charge < -0.3 is 14.4 Å². The SMILES string of the molecule is Cc1nc(-c2ccccc2)oc1C(=O)N1CCCC(N(C)CC(=O)O)CC1. The van der Waals surface area contributed by atoms with Crippen LogP contribution in [0.3, 0.4) is 0 Å². The fourth-order valence-corrected chi connectivity index (χ4v) is 3.51. The first-order chi connectivity index (χ1) is 13.0. The Bertz CT molecular complexity index is 803. The molecule has 144 valence electrons. The molecule has 7 heteroatoms. The zero-order valence-electron chi connectivity index (χ0n) is 15.7. The number of benzene rings is 1. The van der Waals surface area contributed by atoms with Crippen LogP contribution in [0, 0.1) is 6.92 Å². The maximum atomic E-state index is 13.0. The molecule has 3 rings (SSSR count). The largest absolute Gasteiger partial charge is 0.480 e. The summed E-state index contributed by atoms with van der Waals surface area (Å²) >= 11 is 0. The average molecular weight is 371 g/mol. The van der Waals surface area contributed by atoms with E-state index in [4.69, 9.17) is 9.52 Å². The van der Waals surface area contributed by atoms with Crippen molar-refractivity contribution >= 4 is 11.9 Å². The first kappa shape index (κ1) is 19.1. The Kier molecular flexibility index (Phi) is 5.91. The molecular weight excluding hydrogens is 346 g/mol. The molecule has 1 saturated heterocycles. The average Bonchev–Trinajstić information content (AvgIpc) is 2.87. The number of oxazole rings is 1. The Labute approximate surface area is 158 Å². The first-order valence-corrected chi connectivity index (χ1v) is 9.20. The summed E-state index contributed by atoms with van der Waals surface area (Å²) < 4.78 is 5.79. The van der Waals surface area contributed by atoms with Gasteiger partial charge in [-0.2, -0.15) is 0 Å². The van der Waals surface area contributed by atoms with Gasteiger partial charge >= 0.3 is 5.97 Å². The van der Waals surface area contributed by atoms with Crippen molar-refractivity contribution < 1.29 is 19.1 Å². The van der Waals surface area contributed by atoms with E-state index >= 15 is 0 Å². The minimum absolute atomic E-state index is 0.0141. The molecule has 1 fully saturated rings. The van der Waals surface area contributed by atoms with Crippen LogP contribution in [0.5, 0.6) is 0 Å². The summed E-state index contributed by atoms with van der Waals surface area (Å²) in [6.45, 7) is 3.01. The number of aliphatic carboxylic acids is 1. The van der Waals surface area contributed by atoms with Gasteiger partial charge in [-0.25, -0.2) is 4.98 Å². The van der Waals surface area contributed by atoms with Gasteiger partial charge in [0, 0.05) is 24.7 Å². The smallest absolute Gasteiger partial charge is 0.317 e. The van der Waals surface area contributed by atoms with Crippen LogP contribution in [0.4, 0.5) is 0 Å². The van der Waals surface area contributed by atoms with E-state index in [0.29, 0.717) is 24.7 Å². The molecule has 0 saturated carbocycles. The van der Waals surface area contributed by atoms with E-state index in [2.05, 4.69) is 4.98 Å². The highest BCUT2D eigenvalue weighted by molar-refractivity contribution is 5.93. The second-order valence-electron chi connectivity index (χ2n) is 6.99. The standard InChI is InChI=1S/C20H25N3O4/c1-14-18(27-19(21-14)15-7-4-3-5-8-15)20(26)23-11-6-9-16(10-12-23)22(2)13-17(24)25/h3-5,7-8,16H,6,9-13H2,1-2H3,(H,24,25). The number of likely N-dealkylation sites (tertiary alicyclic amines) is 1. The van der Waals surface area contributed by atoms with Crippen LogP contribution in [0.1, 0.15) is 35.5 Å². The monoisotopic (exact) mass is 371 g/mol. The summed E-state index contributed by atoms with van der Waals surface area (Å²) in [6, 6.07) is 9.68. The van der Waals surface area contributed by atoms with Gasteiger partial charge in [0.05, 0.1) is 12.2 Å². The highest BCUT2D eigenvalue weighted by Crippen LogP contribution is 2.24. The molecule has 0 aliphatic carbocycles. The molecular formula is C20H25N3O4. The molecule has 1 N–H and O–H groups in total. The van der Waals surface area contributed by atoms with Crippen LogP contribution in [0.15, 0.2) is 34.7 Å². The summed E-state index contributed by atoms with van der Waals surface area (Å²) in [7, 11) is 1.82. The number of hydrogen-bond donors (Lipinski definition) is 1. The number of aromatic nitrogens is 1. The van der Waals surface area contributed by atoms with E-state index in [1.54, 1.807) is 11.8 Å². The highest BCUT2D eigenvalue weighted by atomic mass is 16.4. The molecule has 27 heavy (non-hydrogen) atoms. The van der Waals surface area contributed by atoms with Crippen LogP contribution < -0.4 is 0 Å². The van der Waals surface area contributed by atoms with Gasteiger partial charge in [0.2, 0.25) is 11.7 Å². The van der Waals surface area contributed by atoms with Gasteiger partial charge in [-0.15, -0.1) is 0 Å². The van der Waals surface area contributed by atoms with Gasteiger partial charge in [-0.3, -0.25) is 14.5 Å². The minimum atomic E-state index is -0.833. The molecule has 0 spiro atoms. The Morgan fingerprint density at radius 1 is 1.26 bits per heavy atom. The number of rotatable bonds is 5. The Balaban J connectivity index is 1.69. The molecule has 7 nitrogen and oxygen atoms in total. The lowest BCUT2D eigenvalue weighted by molar-refractivity contribution is -0.138. The van der Waals surface area contributed by atoms with E-state index in [-0.39, 0.29) is 24.3 Å². The Hall–Kier alpha value is -2.67. The maximum Gasteiger partial charge on any atom is 0.317 e. The van der Waals surface area contributed by atoms with E-state index in [1.807, 2.05) is 42.3 Å². The molecule has 0 bridgehead atoms. The van der Waals surface area contributed by atoms with E-state index in [1.165, 1.54) is 0 Å². The van der Waals surface area contributed by atoms with Crippen molar-refractivity contribution in [3.8, 4) is 11.5 Å². The van der Waals surface area contributed by atoms with Gasteiger partial charge in [0.25, 0.3) is 5.91 Å². The van der Waals surface area contributed by atoms with E-state index in [9.17, 15) is 9.59 Å². The van der Waals surface area contributed by atoms with Crippen LogP contribution in [0.25, 0.3) is 11.5 Å². The van der Waals surface area contributed by atoms with Crippen molar-refractivity contribution in [1.82, 2.24) is 14.8 Å². The molecule has 1 amide bonds. The molecule has 1 atom stereocenters. The predicted molar refractivity (Wildman–Crippen MR) is 100 cm³/mol. The number of carbonyl (C=O) groups is 2. The number of nitrogens with zero attached hydrogens (tertiary/aromatic N) is 3. The van der Waals surface area contributed by atoms with Crippen LogP contribution >= 0.6 is 0 Å². The third-order valence-electron chi connectivity index (χ3n) is 5.00.